The Morgan fingerprint density at radius 1 is 1.27 bits per heavy atom. The van der Waals surface area contributed by atoms with Crippen LogP contribution in [0, 0.1) is 6.92 Å². The molecule has 0 atom stereocenters. The largest absolute Gasteiger partial charge is 0.361 e. The number of carbonyl (C=O) groups is 1. The molecule has 0 bridgehead atoms. The number of anilines is 1. The fourth-order valence-electron chi connectivity index (χ4n) is 2.73. The van der Waals surface area contributed by atoms with E-state index in [2.05, 4.69) is 10.5 Å². The normalized spacial score (nSPS) is 11.0. The van der Waals surface area contributed by atoms with Crippen molar-refractivity contribution in [2.24, 2.45) is 0 Å². The standard InChI is InChI=1S/C20H24N4O2/c1-14(2)19-12-16(22-26-19)13-23(4)20(25)21-17-8-7-9-18(15(17)3)24-10-5-6-11-24/h5-12,14H,13H2,1-4H3,(H,21,25). The van der Waals surface area contributed by atoms with Gasteiger partial charge in [0.2, 0.25) is 0 Å². The SMILES string of the molecule is Cc1c(NC(=O)N(C)Cc2cc(C(C)C)on2)cccc1-n1cccc1. The number of amides is 2. The first-order chi connectivity index (χ1) is 12.5. The highest BCUT2D eigenvalue weighted by Crippen LogP contribution is 2.23. The third-order valence-corrected chi connectivity index (χ3v) is 4.32. The van der Waals surface area contributed by atoms with Gasteiger partial charge >= 0.3 is 6.03 Å². The Bertz CT molecular complexity index is 881. The molecule has 1 N–H and O–H groups in total. The minimum atomic E-state index is -0.188. The van der Waals surface area contributed by atoms with Crippen molar-refractivity contribution in [3.8, 4) is 5.69 Å². The van der Waals surface area contributed by atoms with Gasteiger partial charge in [-0.3, -0.25) is 0 Å². The van der Waals surface area contributed by atoms with E-state index in [4.69, 9.17) is 4.52 Å². The molecule has 0 radical (unpaired) electrons. The quantitative estimate of drug-likeness (QED) is 0.732. The summed E-state index contributed by atoms with van der Waals surface area (Å²) in [7, 11) is 1.74. The molecule has 26 heavy (non-hydrogen) atoms. The molecule has 0 spiro atoms. The lowest BCUT2D eigenvalue weighted by molar-refractivity contribution is 0.219. The van der Waals surface area contributed by atoms with Crippen LogP contribution in [0.2, 0.25) is 0 Å². The summed E-state index contributed by atoms with van der Waals surface area (Å²) in [5, 5.41) is 7.01. The maximum Gasteiger partial charge on any atom is 0.321 e. The Balaban J connectivity index is 1.70. The number of hydrogen-bond acceptors (Lipinski definition) is 3. The van der Waals surface area contributed by atoms with Gasteiger partial charge in [-0.15, -0.1) is 0 Å². The van der Waals surface area contributed by atoms with Crippen molar-refractivity contribution in [2.45, 2.75) is 33.2 Å². The van der Waals surface area contributed by atoms with E-state index in [0.29, 0.717) is 6.54 Å². The van der Waals surface area contributed by atoms with Crippen LogP contribution in [0.3, 0.4) is 0 Å². The van der Waals surface area contributed by atoms with E-state index < -0.39 is 0 Å². The first-order valence-electron chi connectivity index (χ1n) is 8.66. The van der Waals surface area contributed by atoms with Crippen molar-refractivity contribution in [1.82, 2.24) is 14.6 Å². The predicted molar refractivity (Wildman–Crippen MR) is 102 cm³/mol. The Morgan fingerprint density at radius 2 is 2.00 bits per heavy atom. The van der Waals surface area contributed by atoms with E-state index in [1.807, 2.05) is 74.1 Å². The Morgan fingerprint density at radius 3 is 2.65 bits per heavy atom. The number of nitrogens with zero attached hydrogens (tertiary/aromatic N) is 3. The number of rotatable bonds is 5. The van der Waals surface area contributed by atoms with Gasteiger partial charge < -0.3 is 19.3 Å². The summed E-state index contributed by atoms with van der Waals surface area (Å²) in [6.45, 7) is 6.47. The number of hydrogen-bond donors (Lipinski definition) is 1. The van der Waals surface area contributed by atoms with Crippen molar-refractivity contribution in [3.05, 3.63) is 65.8 Å². The molecule has 0 saturated heterocycles. The second kappa shape index (κ2) is 7.47. The molecule has 1 aromatic carbocycles. The molecular weight excluding hydrogens is 328 g/mol. The molecule has 0 aliphatic rings. The third kappa shape index (κ3) is 3.79. The molecule has 136 valence electrons. The summed E-state index contributed by atoms with van der Waals surface area (Å²) >= 11 is 0. The van der Waals surface area contributed by atoms with Crippen LogP contribution in [0.1, 0.15) is 36.8 Å². The smallest absolute Gasteiger partial charge is 0.321 e. The topological polar surface area (TPSA) is 63.3 Å². The third-order valence-electron chi connectivity index (χ3n) is 4.32. The predicted octanol–water partition coefficient (Wildman–Crippen LogP) is 4.56. The van der Waals surface area contributed by atoms with E-state index in [1.165, 1.54) is 0 Å². The minimum absolute atomic E-state index is 0.188. The van der Waals surface area contributed by atoms with Crippen LogP contribution in [0.4, 0.5) is 10.5 Å². The highest BCUT2D eigenvalue weighted by atomic mass is 16.5. The molecule has 3 aromatic rings. The van der Waals surface area contributed by atoms with Gasteiger partial charge in [-0.1, -0.05) is 25.1 Å². The number of nitrogens with one attached hydrogen (secondary N) is 1. The second-order valence-electron chi connectivity index (χ2n) is 6.70. The van der Waals surface area contributed by atoms with Crippen LogP contribution in [0.5, 0.6) is 0 Å². The zero-order chi connectivity index (χ0) is 18.7. The molecule has 2 amide bonds. The summed E-state index contributed by atoms with van der Waals surface area (Å²) in [6.07, 6.45) is 3.97. The highest BCUT2D eigenvalue weighted by molar-refractivity contribution is 5.90. The van der Waals surface area contributed by atoms with Crippen LogP contribution in [-0.2, 0) is 6.54 Å². The average Bonchev–Trinajstić information content (AvgIpc) is 3.28. The Labute approximate surface area is 153 Å². The van der Waals surface area contributed by atoms with Crippen molar-refractivity contribution in [1.29, 1.82) is 0 Å². The first kappa shape index (κ1) is 17.8. The number of benzene rings is 1. The van der Waals surface area contributed by atoms with Crippen molar-refractivity contribution >= 4 is 11.7 Å². The van der Waals surface area contributed by atoms with Crippen LogP contribution >= 0.6 is 0 Å². The zero-order valence-electron chi connectivity index (χ0n) is 15.6. The summed E-state index contributed by atoms with van der Waals surface area (Å²) < 4.78 is 7.32. The molecule has 0 fully saturated rings. The van der Waals surface area contributed by atoms with Gasteiger partial charge in [-0.25, -0.2) is 4.79 Å². The van der Waals surface area contributed by atoms with Crippen molar-refractivity contribution in [3.63, 3.8) is 0 Å². The van der Waals surface area contributed by atoms with Gasteiger partial charge in [0.15, 0.2) is 0 Å². The lowest BCUT2D eigenvalue weighted by atomic mass is 10.1. The van der Waals surface area contributed by atoms with Crippen LogP contribution in [0.15, 0.2) is 53.3 Å². The summed E-state index contributed by atoms with van der Waals surface area (Å²) in [5.74, 6) is 1.10. The number of carbonyl (C=O) groups excluding carboxylic acids is 1. The number of aromatic nitrogens is 2. The van der Waals surface area contributed by atoms with Gasteiger partial charge in [0, 0.05) is 42.8 Å². The molecule has 2 heterocycles. The fourth-order valence-corrected chi connectivity index (χ4v) is 2.73. The van der Waals surface area contributed by atoms with Gasteiger partial charge in [-0.2, -0.15) is 0 Å². The average molecular weight is 352 g/mol. The van der Waals surface area contributed by atoms with Crippen LogP contribution < -0.4 is 5.32 Å². The number of urea groups is 1. The molecule has 0 saturated carbocycles. The van der Waals surface area contributed by atoms with Crippen molar-refractivity contribution in [2.75, 3.05) is 12.4 Å². The van der Waals surface area contributed by atoms with E-state index in [1.54, 1.807) is 11.9 Å². The maximum absolute atomic E-state index is 12.6. The zero-order valence-corrected chi connectivity index (χ0v) is 15.6. The van der Waals surface area contributed by atoms with Crippen LogP contribution in [0.25, 0.3) is 5.69 Å². The van der Waals surface area contributed by atoms with Crippen LogP contribution in [-0.4, -0.2) is 27.7 Å². The Kier molecular flexibility index (Phi) is 5.11. The summed E-state index contributed by atoms with van der Waals surface area (Å²) in [6, 6.07) is 11.5. The Hall–Kier alpha value is -3.02. The monoisotopic (exact) mass is 352 g/mol. The van der Waals surface area contributed by atoms with E-state index in [-0.39, 0.29) is 11.9 Å². The molecule has 0 unspecified atom stereocenters. The molecule has 6 nitrogen and oxygen atoms in total. The van der Waals surface area contributed by atoms with E-state index in [9.17, 15) is 4.79 Å². The molecule has 2 aromatic heterocycles. The highest BCUT2D eigenvalue weighted by Gasteiger charge is 2.15. The van der Waals surface area contributed by atoms with Crippen molar-refractivity contribution < 1.29 is 9.32 Å². The minimum Gasteiger partial charge on any atom is -0.361 e. The van der Waals surface area contributed by atoms with Gasteiger partial charge in [0.05, 0.1) is 6.54 Å². The molecule has 3 rings (SSSR count). The van der Waals surface area contributed by atoms with E-state index in [0.717, 1.165) is 28.4 Å². The van der Waals surface area contributed by atoms with Gasteiger partial charge in [0.1, 0.15) is 11.5 Å². The van der Waals surface area contributed by atoms with Gasteiger partial charge in [0.25, 0.3) is 0 Å². The summed E-state index contributed by atoms with van der Waals surface area (Å²) in [5.41, 5.74) is 3.57. The second-order valence-corrected chi connectivity index (χ2v) is 6.70. The molecule has 6 heteroatoms. The lowest BCUT2D eigenvalue weighted by Crippen LogP contribution is -2.31. The molecule has 0 aliphatic carbocycles. The lowest BCUT2D eigenvalue weighted by Gasteiger charge is -2.19. The fraction of sp³-hybridized carbons (Fsp3) is 0.300. The van der Waals surface area contributed by atoms with Gasteiger partial charge in [-0.05, 0) is 36.8 Å². The maximum atomic E-state index is 12.6. The molecular formula is C20H24N4O2. The summed E-state index contributed by atoms with van der Waals surface area (Å²) in [4.78, 5) is 14.1. The first-order valence-corrected chi connectivity index (χ1v) is 8.66. The molecule has 0 aliphatic heterocycles. The van der Waals surface area contributed by atoms with E-state index >= 15 is 0 Å².